The Morgan fingerprint density at radius 2 is 1.06 bits per heavy atom. The van der Waals surface area contributed by atoms with E-state index in [1.165, 1.54) is 76.5 Å². The molecule has 0 saturated carbocycles. The Morgan fingerprint density at radius 3 is 1.62 bits per heavy atom. The number of hydrogen-bond acceptors (Lipinski definition) is 0. The van der Waals surface area contributed by atoms with Crippen LogP contribution in [0, 0.1) is 6.92 Å². The average Bonchev–Trinajstić information content (AvgIpc) is 3.78. The monoisotopic (exact) mass is 756 g/mol. The molecule has 8 aromatic carbocycles. The van der Waals surface area contributed by atoms with Gasteiger partial charge in [0.1, 0.15) is 0 Å². The van der Waals surface area contributed by atoms with Gasteiger partial charge in [-0.2, -0.15) is 18.2 Å². The number of rotatable bonds is 3. The van der Waals surface area contributed by atoms with Crippen LogP contribution < -0.4 is 0 Å². The van der Waals surface area contributed by atoms with Gasteiger partial charge in [-0.05, 0) is 38.6 Å². The topological polar surface area (TPSA) is 0 Å². The summed E-state index contributed by atoms with van der Waals surface area (Å²) in [5, 5.41) is 10.7. The van der Waals surface area contributed by atoms with Gasteiger partial charge in [0.05, 0.1) is 0 Å². The molecule has 0 aliphatic rings. The van der Waals surface area contributed by atoms with E-state index in [0.717, 1.165) is 9.52 Å². The first-order valence-corrected chi connectivity index (χ1v) is 24.6. The van der Waals surface area contributed by atoms with Gasteiger partial charge >= 0.3 is 37.9 Å². The number of aryl methyl sites for hydroxylation is 1. The molecule has 0 nitrogen and oxygen atoms in total. The van der Waals surface area contributed by atoms with Gasteiger partial charge in [-0.15, -0.1) is 63.0 Å². The molecule has 0 heterocycles. The van der Waals surface area contributed by atoms with Gasteiger partial charge < -0.3 is 0 Å². The predicted octanol–water partition coefficient (Wildman–Crippen LogP) is 14.4. The number of hydrogen-bond donors (Lipinski definition) is 0. The Labute approximate surface area is 306 Å². The van der Waals surface area contributed by atoms with Gasteiger partial charge in [0, 0.05) is 9.52 Å². The molecule has 4 heteroatoms. The van der Waals surface area contributed by atoms with Crippen LogP contribution in [-0.2, 0) is 20.8 Å². The molecule has 8 aromatic rings. The maximum absolute atomic E-state index is 4.93. The predicted molar refractivity (Wildman–Crippen MR) is 213 cm³/mol. The summed E-state index contributed by atoms with van der Waals surface area (Å²) in [7, 11) is 11.0. The van der Waals surface area contributed by atoms with Crippen LogP contribution in [0.2, 0.25) is 13.1 Å². The molecule has 0 aliphatic carbocycles. The van der Waals surface area contributed by atoms with Crippen LogP contribution in [0.25, 0.3) is 65.3 Å². The third-order valence-electron chi connectivity index (χ3n) is 8.63. The van der Waals surface area contributed by atoms with Crippen LogP contribution in [0.5, 0.6) is 0 Å². The van der Waals surface area contributed by atoms with Crippen LogP contribution in [-0.4, -0.2) is 9.52 Å². The molecule has 0 fully saturated rings. The number of halogens is 2. The second-order valence-corrected chi connectivity index (χ2v) is 16.9. The normalized spacial score (nSPS) is 10.6. The van der Waals surface area contributed by atoms with E-state index in [9.17, 15) is 0 Å². The first kappa shape index (κ1) is 36.0. The molecule has 2 radical (unpaired) electrons. The number of fused-ring (bicyclic) bond motifs is 4. The summed E-state index contributed by atoms with van der Waals surface area (Å²) in [4.78, 5) is 0. The molecule has 0 unspecified atom stereocenters. The molecule has 0 saturated heterocycles. The molecule has 238 valence electrons. The van der Waals surface area contributed by atoms with Crippen molar-refractivity contribution in [2.75, 3.05) is 0 Å². The SMILES string of the molecule is CC(C)c1cc2c(-c3cccc4ccccc34)cccc2[cH-]1.C[Si]C.Cc1ccc(-c2cccc3ccccc23)c2cc[cH-]c12.[Cl][Zr+2][Cl]. The minimum atomic E-state index is -0.826. The first-order chi connectivity index (χ1) is 23.4. The van der Waals surface area contributed by atoms with Crippen LogP contribution in [0.15, 0.2) is 146 Å². The van der Waals surface area contributed by atoms with Gasteiger partial charge in [0.15, 0.2) is 0 Å². The van der Waals surface area contributed by atoms with E-state index in [-0.39, 0.29) is 0 Å². The third-order valence-corrected chi connectivity index (χ3v) is 8.63. The van der Waals surface area contributed by atoms with Crippen molar-refractivity contribution >= 4 is 69.6 Å². The summed E-state index contributed by atoms with van der Waals surface area (Å²) in [5.74, 6) is 0.563. The van der Waals surface area contributed by atoms with E-state index in [1.807, 2.05) is 0 Å². The molecule has 0 amide bonds. The van der Waals surface area contributed by atoms with E-state index in [1.54, 1.807) is 0 Å². The second kappa shape index (κ2) is 17.4. The Morgan fingerprint density at radius 1 is 0.583 bits per heavy atom. The molecule has 0 aromatic heterocycles. The molecule has 0 atom stereocenters. The Balaban J connectivity index is 0.000000162. The van der Waals surface area contributed by atoms with Crippen molar-refractivity contribution in [1.29, 1.82) is 0 Å². The van der Waals surface area contributed by atoms with Gasteiger partial charge in [-0.3, -0.25) is 0 Å². The van der Waals surface area contributed by atoms with Crippen LogP contribution >= 0.6 is 17.0 Å². The maximum atomic E-state index is 4.93. The van der Waals surface area contributed by atoms with Crippen molar-refractivity contribution in [3.8, 4) is 22.3 Å². The van der Waals surface area contributed by atoms with E-state index < -0.39 is 20.8 Å². The van der Waals surface area contributed by atoms with E-state index in [2.05, 4.69) is 179 Å². The standard InChI is InChI=1S/C22H19.C20H15.C2H6Si.2ClH.Zr/c1-15(2)18-13-17-9-6-12-21(22(17)14-18)20-11-5-8-16-7-3-4-10-19(16)20;1-14-12-13-20(18-11-5-9-16(14)18)19-10-4-7-15-6-2-3-8-17(15)19;1-3-2;;;/h3-15H,1-2H3;2-13H,1H3;1-2H3;2*1H;/q2*-1;;;;+4/p-2. The minimum absolute atomic E-state index is 0.563. The van der Waals surface area contributed by atoms with Crippen molar-refractivity contribution in [3.05, 3.63) is 157 Å². The zero-order valence-corrected chi connectivity index (χ0v) is 33.2. The summed E-state index contributed by atoms with van der Waals surface area (Å²) in [6.45, 7) is 11.0. The van der Waals surface area contributed by atoms with Crippen molar-refractivity contribution < 1.29 is 20.8 Å². The summed E-state index contributed by atoms with van der Waals surface area (Å²) < 4.78 is 0. The van der Waals surface area contributed by atoms with Gasteiger partial charge in [-0.25, -0.2) is 0 Å². The fraction of sp³-hybridized carbons (Fsp3) is 0.136. The molecule has 0 N–H and O–H groups in total. The zero-order valence-electron chi connectivity index (χ0n) is 28.2. The molecule has 48 heavy (non-hydrogen) atoms. The molecule has 8 rings (SSSR count). The molecule has 0 spiro atoms. The van der Waals surface area contributed by atoms with Crippen LogP contribution in [0.4, 0.5) is 0 Å². The summed E-state index contributed by atoms with van der Waals surface area (Å²) in [6, 6.07) is 52.7. The molecule has 0 bridgehead atoms. The van der Waals surface area contributed by atoms with E-state index in [4.69, 9.17) is 17.0 Å². The molecular weight excluding hydrogens is 719 g/mol. The van der Waals surface area contributed by atoms with E-state index >= 15 is 0 Å². The quantitative estimate of drug-likeness (QED) is 0.124. The number of benzene rings is 6. The van der Waals surface area contributed by atoms with Crippen molar-refractivity contribution in [3.63, 3.8) is 0 Å². The van der Waals surface area contributed by atoms with Gasteiger partial charge in [0.25, 0.3) is 0 Å². The Kier molecular flexibility index (Phi) is 13.1. The average molecular weight is 759 g/mol. The van der Waals surface area contributed by atoms with Crippen molar-refractivity contribution in [2.24, 2.45) is 0 Å². The summed E-state index contributed by atoms with van der Waals surface area (Å²) >= 11 is -0.826. The Hall–Kier alpha value is -3.26. The van der Waals surface area contributed by atoms with Gasteiger partial charge in [-0.1, -0.05) is 142 Å². The van der Waals surface area contributed by atoms with Gasteiger partial charge in [0.2, 0.25) is 0 Å². The van der Waals surface area contributed by atoms with E-state index in [0.29, 0.717) is 5.92 Å². The summed E-state index contributed by atoms with van der Waals surface area (Å²) in [6.07, 6.45) is 0. The zero-order chi connectivity index (χ0) is 34.0. The van der Waals surface area contributed by atoms with Crippen molar-refractivity contribution in [2.45, 2.75) is 39.8 Å². The van der Waals surface area contributed by atoms with Crippen LogP contribution in [0.1, 0.15) is 30.9 Å². The molecule has 0 aliphatic heterocycles. The van der Waals surface area contributed by atoms with Crippen molar-refractivity contribution in [1.82, 2.24) is 0 Å². The fourth-order valence-corrected chi connectivity index (χ4v) is 6.37. The first-order valence-electron chi connectivity index (χ1n) is 16.3. The molecular formula is C44H40Cl2SiZr. The Bertz CT molecular complexity index is 2230. The fourth-order valence-electron chi connectivity index (χ4n) is 6.37. The second-order valence-electron chi connectivity index (χ2n) is 12.2. The van der Waals surface area contributed by atoms with Crippen LogP contribution in [0.3, 0.4) is 0 Å². The third kappa shape index (κ3) is 8.12. The summed E-state index contributed by atoms with van der Waals surface area (Å²) in [5.41, 5.74) is 8.06.